The number of carboxylic acid groups (broad SMARTS) is 1. The molecule has 1 aromatic rings. The average Bonchev–Trinajstić information content (AvgIpc) is 2.34. The number of pyridine rings is 1. The van der Waals surface area contributed by atoms with Crippen molar-refractivity contribution in [2.75, 3.05) is 13.1 Å². The number of carboxylic acids is 1. The van der Waals surface area contributed by atoms with Gasteiger partial charge in [0.25, 0.3) is 0 Å². The van der Waals surface area contributed by atoms with Gasteiger partial charge < -0.3 is 15.3 Å². The lowest BCUT2D eigenvalue weighted by atomic mass is 10.0. The number of nitrogens with one attached hydrogen (secondary N) is 1. The summed E-state index contributed by atoms with van der Waals surface area (Å²) in [6.07, 6.45) is 3.42. The topological polar surface area (TPSA) is 82.5 Å². The third-order valence-electron chi connectivity index (χ3n) is 2.89. The molecule has 1 unspecified atom stereocenters. The number of urea groups is 1. The van der Waals surface area contributed by atoms with Crippen LogP contribution in [0.2, 0.25) is 0 Å². The van der Waals surface area contributed by atoms with Gasteiger partial charge in [-0.2, -0.15) is 0 Å². The standard InChI is InChI=1S/C12H15N3O3/c16-11(17)5-10-6-14-12(18)15(8-10)7-9-1-3-13-4-2-9/h1-4,10H,5-8H2,(H,14,18)(H,16,17). The van der Waals surface area contributed by atoms with E-state index < -0.39 is 5.97 Å². The van der Waals surface area contributed by atoms with Gasteiger partial charge in [-0.3, -0.25) is 9.78 Å². The molecule has 1 fully saturated rings. The molecular weight excluding hydrogens is 234 g/mol. The Hall–Kier alpha value is -2.11. The summed E-state index contributed by atoms with van der Waals surface area (Å²) in [5.41, 5.74) is 0.983. The van der Waals surface area contributed by atoms with E-state index in [4.69, 9.17) is 5.11 Å². The van der Waals surface area contributed by atoms with Gasteiger partial charge in [-0.25, -0.2) is 4.79 Å². The molecule has 1 atom stereocenters. The zero-order valence-electron chi connectivity index (χ0n) is 9.87. The van der Waals surface area contributed by atoms with E-state index >= 15 is 0 Å². The van der Waals surface area contributed by atoms with E-state index in [2.05, 4.69) is 10.3 Å². The molecular formula is C12H15N3O3. The third-order valence-corrected chi connectivity index (χ3v) is 2.89. The highest BCUT2D eigenvalue weighted by molar-refractivity contribution is 5.75. The van der Waals surface area contributed by atoms with Crippen LogP contribution in [-0.2, 0) is 11.3 Å². The van der Waals surface area contributed by atoms with Crippen LogP contribution in [0.25, 0.3) is 0 Å². The van der Waals surface area contributed by atoms with Crippen LogP contribution in [-0.4, -0.2) is 40.1 Å². The molecule has 2 heterocycles. The highest BCUT2D eigenvalue weighted by Gasteiger charge is 2.26. The number of hydrogen-bond donors (Lipinski definition) is 2. The van der Waals surface area contributed by atoms with Crippen molar-refractivity contribution >= 4 is 12.0 Å². The van der Waals surface area contributed by atoms with Crippen molar-refractivity contribution in [1.82, 2.24) is 15.2 Å². The Morgan fingerprint density at radius 2 is 2.22 bits per heavy atom. The van der Waals surface area contributed by atoms with Crippen LogP contribution in [0.5, 0.6) is 0 Å². The van der Waals surface area contributed by atoms with E-state index in [1.165, 1.54) is 0 Å². The van der Waals surface area contributed by atoms with Gasteiger partial charge in [0.05, 0.1) is 6.42 Å². The number of amides is 2. The Balaban J connectivity index is 1.97. The SMILES string of the molecule is O=C(O)CC1CNC(=O)N(Cc2ccncc2)C1. The summed E-state index contributed by atoms with van der Waals surface area (Å²) in [7, 11) is 0. The largest absolute Gasteiger partial charge is 0.481 e. The number of carbonyl (C=O) groups is 2. The van der Waals surface area contributed by atoms with Crippen LogP contribution in [0.4, 0.5) is 4.79 Å². The second-order valence-corrected chi connectivity index (χ2v) is 4.39. The summed E-state index contributed by atoms with van der Waals surface area (Å²) in [6, 6.07) is 3.54. The molecule has 0 saturated carbocycles. The molecule has 6 nitrogen and oxygen atoms in total. The van der Waals surface area contributed by atoms with Crippen molar-refractivity contribution in [2.24, 2.45) is 5.92 Å². The summed E-state index contributed by atoms with van der Waals surface area (Å²) < 4.78 is 0. The van der Waals surface area contributed by atoms with Crippen LogP contribution in [0.1, 0.15) is 12.0 Å². The number of carbonyl (C=O) groups excluding carboxylic acids is 1. The van der Waals surface area contributed by atoms with Crippen molar-refractivity contribution in [3.05, 3.63) is 30.1 Å². The Kier molecular flexibility index (Phi) is 3.76. The molecule has 0 radical (unpaired) electrons. The van der Waals surface area contributed by atoms with Crippen molar-refractivity contribution in [3.8, 4) is 0 Å². The predicted molar refractivity (Wildman–Crippen MR) is 63.8 cm³/mol. The summed E-state index contributed by atoms with van der Waals surface area (Å²) >= 11 is 0. The molecule has 1 aromatic heterocycles. The van der Waals surface area contributed by atoms with Crippen molar-refractivity contribution < 1.29 is 14.7 Å². The van der Waals surface area contributed by atoms with Gasteiger partial charge in [0, 0.05) is 37.9 Å². The number of aromatic nitrogens is 1. The molecule has 2 N–H and O–H groups in total. The Labute approximate surface area is 105 Å². The van der Waals surface area contributed by atoms with E-state index in [1.807, 2.05) is 12.1 Å². The van der Waals surface area contributed by atoms with Gasteiger partial charge >= 0.3 is 12.0 Å². The summed E-state index contributed by atoms with van der Waals surface area (Å²) in [6.45, 7) is 1.38. The van der Waals surface area contributed by atoms with Crippen molar-refractivity contribution in [3.63, 3.8) is 0 Å². The van der Waals surface area contributed by atoms with Crippen LogP contribution in [0.15, 0.2) is 24.5 Å². The summed E-state index contributed by atoms with van der Waals surface area (Å²) in [5, 5.41) is 11.5. The fourth-order valence-corrected chi connectivity index (χ4v) is 2.03. The maximum atomic E-state index is 11.7. The van der Waals surface area contributed by atoms with E-state index in [0.29, 0.717) is 19.6 Å². The van der Waals surface area contributed by atoms with Crippen LogP contribution >= 0.6 is 0 Å². The van der Waals surface area contributed by atoms with Gasteiger partial charge in [0.1, 0.15) is 0 Å². The van der Waals surface area contributed by atoms with E-state index in [1.54, 1.807) is 17.3 Å². The molecule has 0 aliphatic carbocycles. The monoisotopic (exact) mass is 249 g/mol. The number of nitrogens with zero attached hydrogens (tertiary/aromatic N) is 2. The first-order valence-electron chi connectivity index (χ1n) is 5.78. The molecule has 18 heavy (non-hydrogen) atoms. The first kappa shape index (κ1) is 12.3. The number of rotatable bonds is 4. The maximum Gasteiger partial charge on any atom is 0.317 e. The Bertz CT molecular complexity index is 435. The average molecular weight is 249 g/mol. The molecule has 1 aliphatic heterocycles. The first-order chi connectivity index (χ1) is 8.65. The zero-order chi connectivity index (χ0) is 13.0. The van der Waals surface area contributed by atoms with Crippen LogP contribution < -0.4 is 5.32 Å². The van der Waals surface area contributed by atoms with Crippen LogP contribution in [0, 0.1) is 5.92 Å². The molecule has 2 rings (SSSR count). The first-order valence-corrected chi connectivity index (χ1v) is 5.78. The predicted octanol–water partition coefficient (Wildman–Crippen LogP) is 0.698. The Morgan fingerprint density at radius 1 is 1.50 bits per heavy atom. The smallest absolute Gasteiger partial charge is 0.317 e. The van der Waals surface area contributed by atoms with E-state index in [0.717, 1.165) is 5.56 Å². The molecule has 1 saturated heterocycles. The Morgan fingerprint density at radius 3 is 2.89 bits per heavy atom. The summed E-state index contributed by atoms with van der Waals surface area (Å²) in [4.78, 5) is 27.9. The quantitative estimate of drug-likeness (QED) is 0.822. The lowest BCUT2D eigenvalue weighted by Gasteiger charge is -2.32. The molecule has 0 aromatic carbocycles. The van der Waals surface area contributed by atoms with Crippen LogP contribution in [0.3, 0.4) is 0 Å². The van der Waals surface area contributed by atoms with E-state index in [9.17, 15) is 9.59 Å². The van der Waals surface area contributed by atoms with Gasteiger partial charge in [0.2, 0.25) is 0 Å². The second-order valence-electron chi connectivity index (χ2n) is 4.39. The molecule has 0 spiro atoms. The highest BCUT2D eigenvalue weighted by atomic mass is 16.4. The summed E-state index contributed by atoms with van der Waals surface area (Å²) in [5.74, 6) is -0.873. The minimum Gasteiger partial charge on any atom is -0.481 e. The van der Waals surface area contributed by atoms with Gasteiger partial charge in [-0.15, -0.1) is 0 Å². The normalized spacial score (nSPS) is 19.4. The van der Waals surface area contributed by atoms with Crippen molar-refractivity contribution in [2.45, 2.75) is 13.0 Å². The lowest BCUT2D eigenvalue weighted by molar-refractivity contribution is -0.138. The molecule has 2 amide bonds. The molecule has 1 aliphatic rings. The number of aliphatic carboxylic acids is 1. The van der Waals surface area contributed by atoms with Gasteiger partial charge in [-0.1, -0.05) is 0 Å². The minimum absolute atomic E-state index is 0.0398. The maximum absolute atomic E-state index is 11.7. The lowest BCUT2D eigenvalue weighted by Crippen LogP contribution is -2.50. The molecule has 6 heteroatoms. The fraction of sp³-hybridized carbons (Fsp3) is 0.417. The third kappa shape index (κ3) is 3.19. The van der Waals surface area contributed by atoms with Gasteiger partial charge in [-0.05, 0) is 17.7 Å². The minimum atomic E-state index is -0.833. The fourth-order valence-electron chi connectivity index (χ4n) is 2.03. The molecule has 0 bridgehead atoms. The highest BCUT2D eigenvalue weighted by Crippen LogP contribution is 2.13. The zero-order valence-corrected chi connectivity index (χ0v) is 9.87. The van der Waals surface area contributed by atoms with Gasteiger partial charge in [0.15, 0.2) is 0 Å². The van der Waals surface area contributed by atoms with Crippen molar-refractivity contribution in [1.29, 1.82) is 0 Å². The molecule has 96 valence electrons. The second kappa shape index (κ2) is 5.48. The van der Waals surface area contributed by atoms with E-state index in [-0.39, 0.29) is 18.4 Å². The number of hydrogen-bond acceptors (Lipinski definition) is 3.